The summed E-state index contributed by atoms with van der Waals surface area (Å²) in [5.74, 6) is 0. The molecule has 0 aromatic heterocycles. The maximum absolute atomic E-state index is 3.65. The minimum atomic E-state index is 0.188. The highest BCUT2D eigenvalue weighted by atomic mass is 79.9. The molecule has 1 N–H and O–H groups in total. The fourth-order valence-corrected chi connectivity index (χ4v) is 3.13. The molecular weight excluding hydrogens is 274 g/mol. The number of rotatable bonds is 5. The summed E-state index contributed by atoms with van der Waals surface area (Å²) in [6.07, 6.45) is 1.14. The molecule has 0 saturated carbocycles. The van der Waals surface area contributed by atoms with E-state index in [1.807, 2.05) is 0 Å². The van der Waals surface area contributed by atoms with E-state index in [9.17, 15) is 0 Å². The minimum absolute atomic E-state index is 0.188. The van der Waals surface area contributed by atoms with Crippen molar-refractivity contribution in [2.45, 2.75) is 53.1 Å². The average Bonchev–Trinajstić information content (AvgIpc) is 2.15. The number of halogens is 1. The van der Waals surface area contributed by atoms with Gasteiger partial charge in [0.2, 0.25) is 0 Å². The van der Waals surface area contributed by atoms with Gasteiger partial charge in [0, 0.05) is 17.4 Å². The Hall–Kier alpha value is -0.340. The van der Waals surface area contributed by atoms with Gasteiger partial charge in [-0.05, 0) is 57.7 Å². The quantitative estimate of drug-likeness (QED) is 0.801. The van der Waals surface area contributed by atoms with E-state index in [1.165, 1.54) is 22.3 Å². The Labute approximate surface area is 114 Å². The zero-order valence-electron chi connectivity index (χ0n) is 11.7. The summed E-state index contributed by atoms with van der Waals surface area (Å²) in [5.41, 5.74) is 5.77. The van der Waals surface area contributed by atoms with Crippen LogP contribution in [0.15, 0.2) is 12.1 Å². The molecule has 1 rings (SSSR count). The molecule has 0 spiro atoms. The first-order valence-corrected chi connectivity index (χ1v) is 7.35. The first kappa shape index (κ1) is 14.7. The van der Waals surface area contributed by atoms with Crippen molar-refractivity contribution >= 4 is 15.9 Å². The summed E-state index contributed by atoms with van der Waals surface area (Å²) in [7, 11) is 0. The van der Waals surface area contributed by atoms with Gasteiger partial charge in [0.15, 0.2) is 0 Å². The molecule has 2 heteroatoms. The smallest absolute Gasteiger partial charge is 0.0215 e. The molecule has 1 aromatic carbocycles. The lowest BCUT2D eigenvalue weighted by molar-refractivity contribution is 0.377. The number of hydrogen-bond acceptors (Lipinski definition) is 1. The molecule has 0 saturated heterocycles. The molecule has 17 heavy (non-hydrogen) atoms. The lowest BCUT2D eigenvalue weighted by Crippen LogP contribution is -2.39. The van der Waals surface area contributed by atoms with Crippen molar-refractivity contribution < 1.29 is 0 Å². The second-order valence-electron chi connectivity index (χ2n) is 5.55. The topological polar surface area (TPSA) is 12.0 Å². The first-order chi connectivity index (χ1) is 7.85. The number of alkyl halides is 1. The second-order valence-corrected chi connectivity index (χ2v) is 6.35. The second kappa shape index (κ2) is 6.01. The van der Waals surface area contributed by atoms with E-state index in [-0.39, 0.29) is 5.54 Å². The van der Waals surface area contributed by atoms with Crippen molar-refractivity contribution in [3.63, 3.8) is 0 Å². The third-order valence-corrected chi connectivity index (χ3v) is 3.70. The van der Waals surface area contributed by atoms with Crippen LogP contribution in [0.25, 0.3) is 0 Å². The molecule has 0 bridgehead atoms. The fourth-order valence-electron chi connectivity index (χ4n) is 2.14. The highest BCUT2D eigenvalue weighted by molar-refractivity contribution is 9.09. The van der Waals surface area contributed by atoms with Crippen LogP contribution in [-0.2, 0) is 6.54 Å². The molecule has 0 aliphatic heterocycles. The molecule has 0 atom stereocenters. The monoisotopic (exact) mass is 297 g/mol. The predicted octanol–water partition coefficient (Wildman–Crippen LogP) is 4.27. The van der Waals surface area contributed by atoms with Crippen molar-refractivity contribution in [2.24, 2.45) is 0 Å². The number of nitrogens with one attached hydrogen (secondary N) is 1. The Morgan fingerprint density at radius 2 is 1.65 bits per heavy atom. The Kier molecular flexibility index (Phi) is 5.21. The summed E-state index contributed by atoms with van der Waals surface area (Å²) >= 11 is 3.51. The lowest BCUT2D eigenvalue weighted by Gasteiger charge is -2.26. The van der Waals surface area contributed by atoms with Crippen LogP contribution in [0.2, 0.25) is 0 Å². The molecule has 1 aromatic rings. The Bertz CT molecular complexity index is 360. The zero-order valence-corrected chi connectivity index (χ0v) is 13.2. The van der Waals surface area contributed by atoms with Crippen molar-refractivity contribution in [2.75, 3.05) is 5.33 Å². The maximum atomic E-state index is 3.65. The summed E-state index contributed by atoms with van der Waals surface area (Å²) in [5, 5.41) is 4.69. The highest BCUT2D eigenvalue weighted by Crippen LogP contribution is 2.18. The van der Waals surface area contributed by atoms with Crippen molar-refractivity contribution in [1.29, 1.82) is 0 Å². The van der Waals surface area contributed by atoms with Crippen LogP contribution in [0.1, 0.15) is 42.5 Å². The van der Waals surface area contributed by atoms with Gasteiger partial charge in [0.1, 0.15) is 0 Å². The predicted molar refractivity (Wildman–Crippen MR) is 80.0 cm³/mol. The third kappa shape index (κ3) is 4.44. The molecule has 0 fully saturated rings. The molecule has 0 aliphatic rings. The standard InChI is InChI=1S/C15H24BrN/c1-11-8-12(2)14(13(3)9-11)10-17-15(4,5)6-7-16/h8-9,17H,6-7,10H2,1-5H3. The van der Waals surface area contributed by atoms with Gasteiger partial charge in [-0.2, -0.15) is 0 Å². The molecule has 0 unspecified atom stereocenters. The van der Waals surface area contributed by atoms with E-state index in [1.54, 1.807) is 0 Å². The summed E-state index contributed by atoms with van der Waals surface area (Å²) in [6, 6.07) is 4.53. The molecule has 1 nitrogen and oxygen atoms in total. The average molecular weight is 298 g/mol. The maximum Gasteiger partial charge on any atom is 0.0215 e. The van der Waals surface area contributed by atoms with Crippen LogP contribution in [0.5, 0.6) is 0 Å². The molecule has 96 valence electrons. The number of hydrogen-bond donors (Lipinski definition) is 1. The van der Waals surface area contributed by atoms with Gasteiger partial charge < -0.3 is 5.32 Å². The van der Waals surface area contributed by atoms with Crippen molar-refractivity contribution in [3.8, 4) is 0 Å². The van der Waals surface area contributed by atoms with E-state index in [0.717, 1.165) is 18.3 Å². The zero-order chi connectivity index (χ0) is 13.1. The van der Waals surface area contributed by atoms with Crippen LogP contribution in [-0.4, -0.2) is 10.9 Å². The van der Waals surface area contributed by atoms with E-state index in [2.05, 4.69) is 68.0 Å². The summed E-state index contributed by atoms with van der Waals surface area (Å²) < 4.78 is 0. The highest BCUT2D eigenvalue weighted by Gasteiger charge is 2.16. The van der Waals surface area contributed by atoms with Gasteiger partial charge in [0.05, 0.1) is 0 Å². The number of benzene rings is 1. The molecule has 0 aliphatic carbocycles. The van der Waals surface area contributed by atoms with Gasteiger partial charge in [-0.15, -0.1) is 0 Å². The fraction of sp³-hybridized carbons (Fsp3) is 0.600. The third-order valence-electron chi connectivity index (χ3n) is 3.30. The SMILES string of the molecule is Cc1cc(C)c(CNC(C)(C)CCBr)c(C)c1. The normalized spacial score (nSPS) is 11.9. The summed E-state index contributed by atoms with van der Waals surface area (Å²) in [6.45, 7) is 12.0. The Balaban J connectivity index is 2.76. The molecule has 0 amide bonds. The van der Waals surface area contributed by atoms with Crippen molar-refractivity contribution in [1.82, 2.24) is 5.32 Å². The van der Waals surface area contributed by atoms with Crippen LogP contribution in [0.4, 0.5) is 0 Å². The van der Waals surface area contributed by atoms with Gasteiger partial charge >= 0.3 is 0 Å². The van der Waals surface area contributed by atoms with E-state index in [0.29, 0.717) is 0 Å². The molecule has 0 radical (unpaired) electrons. The van der Waals surface area contributed by atoms with Gasteiger partial charge in [-0.3, -0.25) is 0 Å². The lowest BCUT2D eigenvalue weighted by atomic mass is 9.97. The Morgan fingerprint density at radius 3 is 2.12 bits per heavy atom. The first-order valence-electron chi connectivity index (χ1n) is 6.23. The van der Waals surface area contributed by atoms with Gasteiger partial charge in [-0.1, -0.05) is 33.6 Å². The number of aryl methyl sites for hydroxylation is 3. The van der Waals surface area contributed by atoms with E-state index >= 15 is 0 Å². The van der Waals surface area contributed by atoms with E-state index < -0.39 is 0 Å². The largest absolute Gasteiger partial charge is 0.308 e. The molecule has 0 heterocycles. The molecular formula is C15H24BrN. The van der Waals surface area contributed by atoms with Gasteiger partial charge in [0.25, 0.3) is 0 Å². The minimum Gasteiger partial charge on any atom is -0.308 e. The van der Waals surface area contributed by atoms with Crippen LogP contribution in [0, 0.1) is 20.8 Å². The van der Waals surface area contributed by atoms with Crippen LogP contribution < -0.4 is 5.32 Å². The summed E-state index contributed by atoms with van der Waals surface area (Å²) in [4.78, 5) is 0. The van der Waals surface area contributed by atoms with Crippen LogP contribution >= 0.6 is 15.9 Å². The Morgan fingerprint density at radius 1 is 1.12 bits per heavy atom. The van der Waals surface area contributed by atoms with E-state index in [4.69, 9.17) is 0 Å². The van der Waals surface area contributed by atoms with Gasteiger partial charge in [-0.25, -0.2) is 0 Å². The van der Waals surface area contributed by atoms with Crippen molar-refractivity contribution in [3.05, 3.63) is 34.4 Å². The van der Waals surface area contributed by atoms with Crippen LogP contribution in [0.3, 0.4) is 0 Å².